The van der Waals surface area contributed by atoms with Crippen LogP contribution in [0.25, 0.3) is 11.1 Å². The fourth-order valence-corrected chi connectivity index (χ4v) is 7.02. The Labute approximate surface area is 231 Å². The number of rotatable bonds is 10. The molecule has 0 amide bonds. The lowest BCUT2D eigenvalue weighted by Crippen LogP contribution is -2.30. The van der Waals surface area contributed by atoms with E-state index in [1.807, 2.05) is 30.3 Å². The van der Waals surface area contributed by atoms with E-state index in [2.05, 4.69) is 6.92 Å². The van der Waals surface area contributed by atoms with Gasteiger partial charge in [-0.2, -0.15) is 0 Å². The van der Waals surface area contributed by atoms with Crippen LogP contribution in [0, 0.1) is 35.2 Å². The van der Waals surface area contributed by atoms with E-state index >= 15 is 8.78 Å². The molecule has 4 atom stereocenters. The Bertz CT molecular complexity index is 1200. The summed E-state index contributed by atoms with van der Waals surface area (Å²) in [6, 6.07) is 16.6. The van der Waals surface area contributed by atoms with E-state index in [4.69, 9.17) is 4.74 Å². The summed E-state index contributed by atoms with van der Waals surface area (Å²) in [6.45, 7) is 2.48. The van der Waals surface area contributed by atoms with Gasteiger partial charge >= 0.3 is 0 Å². The molecule has 0 spiro atoms. The second kappa shape index (κ2) is 13.1. The minimum Gasteiger partial charge on any atom is -0.486 e. The summed E-state index contributed by atoms with van der Waals surface area (Å²) in [4.78, 5) is 0. The van der Waals surface area contributed by atoms with Crippen LogP contribution in [0.5, 0.6) is 5.75 Å². The number of fused-ring (bicyclic) bond motifs is 1. The second-order valence-corrected chi connectivity index (χ2v) is 11.8. The monoisotopic (exact) mass is 534 g/mol. The summed E-state index contributed by atoms with van der Waals surface area (Å²) < 4.78 is 51.0. The Morgan fingerprint density at radius 2 is 1.49 bits per heavy atom. The number of benzene rings is 3. The van der Waals surface area contributed by atoms with Crippen molar-refractivity contribution in [1.29, 1.82) is 0 Å². The molecule has 0 heterocycles. The van der Waals surface area contributed by atoms with E-state index in [1.54, 1.807) is 0 Å². The molecule has 0 N–H and O–H groups in total. The van der Waals surface area contributed by atoms with Crippen molar-refractivity contribution in [2.45, 2.75) is 90.1 Å². The SMILES string of the molecule is CCCCCCC1CCC2CC(c3cc(F)c(-c4ccc(OCc5ccccc5)c(F)c4)c(F)c3)CCC2C1. The Morgan fingerprint density at radius 1 is 0.744 bits per heavy atom. The van der Waals surface area contributed by atoms with Crippen molar-refractivity contribution in [3.8, 4) is 16.9 Å². The van der Waals surface area contributed by atoms with E-state index in [0.29, 0.717) is 5.92 Å². The number of hydrogen-bond donors (Lipinski definition) is 0. The molecule has 0 radical (unpaired) electrons. The molecular weight excluding hydrogens is 493 g/mol. The van der Waals surface area contributed by atoms with Crippen LogP contribution in [-0.4, -0.2) is 0 Å². The lowest BCUT2D eigenvalue weighted by Gasteiger charge is -2.42. The molecule has 0 aromatic heterocycles. The van der Waals surface area contributed by atoms with E-state index in [1.165, 1.54) is 75.6 Å². The minimum absolute atomic E-state index is 0.0625. The topological polar surface area (TPSA) is 9.23 Å². The van der Waals surface area contributed by atoms with Crippen LogP contribution in [0.4, 0.5) is 13.2 Å². The lowest BCUT2D eigenvalue weighted by molar-refractivity contribution is 0.113. The molecule has 3 aromatic carbocycles. The first-order chi connectivity index (χ1) is 19.0. The molecule has 4 unspecified atom stereocenters. The molecule has 0 aliphatic heterocycles. The van der Waals surface area contributed by atoms with Gasteiger partial charge in [-0.25, -0.2) is 13.2 Å². The molecule has 208 valence electrons. The summed E-state index contributed by atoms with van der Waals surface area (Å²) in [5.74, 6) is 0.670. The molecule has 0 saturated heterocycles. The van der Waals surface area contributed by atoms with Gasteiger partial charge in [0.2, 0.25) is 0 Å². The van der Waals surface area contributed by atoms with Gasteiger partial charge in [0.1, 0.15) is 18.2 Å². The third-order valence-corrected chi connectivity index (χ3v) is 9.18. The fraction of sp³-hybridized carbons (Fsp3) is 0.486. The maximum atomic E-state index is 15.3. The zero-order valence-electron chi connectivity index (χ0n) is 23.1. The van der Waals surface area contributed by atoms with Crippen LogP contribution in [0.15, 0.2) is 60.7 Å². The molecule has 39 heavy (non-hydrogen) atoms. The molecule has 2 aliphatic carbocycles. The summed E-state index contributed by atoms with van der Waals surface area (Å²) in [5.41, 5.74) is 1.67. The zero-order chi connectivity index (χ0) is 27.2. The lowest BCUT2D eigenvalue weighted by atomic mass is 9.63. The summed E-state index contributed by atoms with van der Waals surface area (Å²) in [6.07, 6.45) is 13.8. The van der Waals surface area contributed by atoms with Gasteiger partial charge in [0.15, 0.2) is 11.6 Å². The standard InChI is InChI=1S/C35H41F3O/c1-2-3-4-6-9-24-12-13-27-19-28(15-14-26(27)18-24)30-21-32(37)35(33(38)22-30)29-16-17-34(31(36)20-29)39-23-25-10-7-5-8-11-25/h5,7-8,10-11,16-17,20-22,24,26-28H,2-4,6,9,12-15,18-19,23H2,1H3. The number of unbranched alkanes of at least 4 members (excludes halogenated alkanes) is 3. The minimum atomic E-state index is -0.634. The van der Waals surface area contributed by atoms with E-state index in [-0.39, 0.29) is 29.4 Å². The van der Waals surface area contributed by atoms with Gasteiger partial charge < -0.3 is 4.74 Å². The van der Waals surface area contributed by atoms with Gasteiger partial charge in [-0.1, -0.05) is 81.8 Å². The highest BCUT2D eigenvalue weighted by atomic mass is 19.1. The van der Waals surface area contributed by atoms with Crippen LogP contribution in [-0.2, 0) is 6.61 Å². The molecule has 4 heteroatoms. The van der Waals surface area contributed by atoms with Gasteiger partial charge in [-0.05, 0) is 96.7 Å². The van der Waals surface area contributed by atoms with Gasteiger partial charge in [0, 0.05) is 0 Å². The first-order valence-corrected chi connectivity index (χ1v) is 15.0. The van der Waals surface area contributed by atoms with Crippen LogP contribution < -0.4 is 4.74 Å². The maximum Gasteiger partial charge on any atom is 0.165 e. The predicted molar refractivity (Wildman–Crippen MR) is 152 cm³/mol. The average Bonchev–Trinajstić information content (AvgIpc) is 2.95. The summed E-state index contributed by atoms with van der Waals surface area (Å²) >= 11 is 0. The Balaban J connectivity index is 1.22. The Hall–Kier alpha value is -2.75. The first-order valence-electron chi connectivity index (χ1n) is 15.0. The molecule has 0 bridgehead atoms. The summed E-state index contributed by atoms with van der Waals surface area (Å²) in [5, 5.41) is 0. The third kappa shape index (κ3) is 6.88. The molecular formula is C35H41F3O. The quantitative estimate of drug-likeness (QED) is 0.235. The number of hydrogen-bond acceptors (Lipinski definition) is 1. The van der Waals surface area contributed by atoms with Crippen LogP contribution >= 0.6 is 0 Å². The smallest absolute Gasteiger partial charge is 0.165 e. The van der Waals surface area contributed by atoms with Crippen LogP contribution in [0.1, 0.15) is 94.6 Å². The molecule has 2 aliphatic rings. The Kier molecular flexibility index (Phi) is 9.32. The highest BCUT2D eigenvalue weighted by molar-refractivity contribution is 5.66. The number of halogens is 3. The number of ether oxygens (including phenoxy) is 1. The van der Waals surface area contributed by atoms with Gasteiger partial charge in [-0.15, -0.1) is 0 Å². The van der Waals surface area contributed by atoms with E-state index in [0.717, 1.165) is 48.3 Å². The molecule has 2 saturated carbocycles. The van der Waals surface area contributed by atoms with Gasteiger partial charge in [0.05, 0.1) is 5.56 Å². The van der Waals surface area contributed by atoms with Crippen molar-refractivity contribution in [2.75, 3.05) is 0 Å². The van der Waals surface area contributed by atoms with Crippen molar-refractivity contribution in [1.82, 2.24) is 0 Å². The van der Waals surface area contributed by atoms with E-state index in [9.17, 15) is 4.39 Å². The predicted octanol–water partition coefficient (Wildman–Crippen LogP) is 10.6. The van der Waals surface area contributed by atoms with Gasteiger partial charge in [0.25, 0.3) is 0 Å². The Morgan fingerprint density at radius 3 is 2.23 bits per heavy atom. The zero-order valence-corrected chi connectivity index (χ0v) is 23.1. The van der Waals surface area contributed by atoms with Crippen molar-refractivity contribution >= 4 is 0 Å². The van der Waals surface area contributed by atoms with Gasteiger partial charge in [-0.3, -0.25) is 0 Å². The normalized spacial score (nSPS) is 22.9. The van der Waals surface area contributed by atoms with Crippen molar-refractivity contribution in [2.24, 2.45) is 17.8 Å². The molecule has 5 rings (SSSR count). The third-order valence-electron chi connectivity index (χ3n) is 9.18. The molecule has 1 nitrogen and oxygen atoms in total. The van der Waals surface area contributed by atoms with Crippen LogP contribution in [0.2, 0.25) is 0 Å². The molecule has 3 aromatic rings. The highest BCUT2D eigenvalue weighted by Gasteiger charge is 2.36. The fourth-order valence-electron chi connectivity index (χ4n) is 7.02. The average molecular weight is 535 g/mol. The van der Waals surface area contributed by atoms with Crippen molar-refractivity contribution in [3.63, 3.8) is 0 Å². The first kappa shape index (κ1) is 27.8. The van der Waals surface area contributed by atoms with Crippen molar-refractivity contribution in [3.05, 3.63) is 89.2 Å². The highest BCUT2D eigenvalue weighted by Crippen LogP contribution is 2.49. The second-order valence-electron chi connectivity index (χ2n) is 11.8. The summed E-state index contributed by atoms with van der Waals surface area (Å²) in [7, 11) is 0. The van der Waals surface area contributed by atoms with Crippen molar-refractivity contribution < 1.29 is 17.9 Å². The van der Waals surface area contributed by atoms with E-state index < -0.39 is 17.5 Å². The molecule has 2 fully saturated rings. The maximum absolute atomic E-state index is 15.3. The van der Waals surface area contributed by atoms with Crippen LogP contribution in [0.3, 0.4) is 0 Å². The largest absolute Gasteiger partial charge is 0.486 e.